The number of hydrogen-bond donors (Lipinski definition) is 3. The second-order valence-electron chi connectivity index (χ2n) is 11.5. The van der Waals surface area contributed by atoms with Gasteiger partial charge in [0.2, 0.25) is 0 Å². The molecular weight excluding hydrogens is 641 g/mol. The van der Waals surface area contributed by atoms with Crippen LogP contribution in [0, 0.1) is 0 Å². The van der Waals surface area contributed by atoms with Crippen LogP contribution in [0.5, 0.6) is 11.5 Å². The number of nitrogens with one attached hydrogen (secondary N) is 2. The zero-order chi connectivity index (χ0) is 33.9. The van der Waals surface area contributed by atoms with Crippen LogP contribution in [0.2, 0.25) is 0 Å². The molecule has 1 aliphatic carbocycles. The zero-order valence-corrected chi connectivity index (χ0v) is 27.1. The van der Waals surface area contributed by atoms with Gasteiger partial charge in [-0.2, -0.15) is 0 Å². The quantitative estimate of drug-likeness (QED) is 0.0504. The fraction of sp³-hybridized carbons (Fsp3) is 0.103. The summed E-state index contributed by atoms with van der Waals surface area (Å²) in [7, 11) is 0. The Morgan fingerprint density at radius 2 is 1.55 bits per heavy atom. The Morgan fingerprint density at radius 3 is 2.31 bits per heavy atom. The predicted octanol–water partition coefficient (Wildman–Crippen LogP) is 9.28. The number of aromatic amines is 1. The highest BCUT2D eigenvalue weighted by molar-refractivity contribution is 7.94. The Balaban J connectivity index is 1.50. The molecule has 7 rings (SSSR count). The van der Waals surface area contributed by atoms with Crippen LogP contribution in [0.4, 0.5) is 11.4 Å². The van der Waals surface area contributed by atoms with Gasteiger partial charge in [0.15, 0.2) is 17.3 Å². The first-order valence-electron chi connectivity index (χ1n) is 15.8. The van der Waals surface area contributed by atoms with Crippen molar-refractivity contribution in [2.75, 3.05) is 5.32 Å². The summed E-state index contributed by atoms with van der Waals surface area (Å²) in [4.78, 5) is 46.1. The third-order valence-electron chi connectivity index (χ3n) is 8.47. The van der Waals surface area contributed by atoms with E-state index in [9.17, 15) is 14.4 Å². The highest BCUT2D eigenvalue weighted by Crippen LogP contribution is 2.47. The first-order chi connectivity index (χ1) is 24.0. The van der Waals surface area contributed by atoms with Crippen molar-refractivity contribution in [3.63, 3.8) is 0 Å². The maximum Gasteiger partial charge on any atom is 0.260 e. The Labute approximate surface area is 285 Å². The van der Waals surface area contributed by atoms with Crippen molar-refractivity contribution in [2.45, 2.75) is 31.1 Å². The summed E-state index contributed by atoms with van der Waals surface area (Å²) < 4.78 is 11.2. The fourth-order valence-electron chi connectivity index (χ4n) is 6.19. The number of carbonyl (C=O) groups is 2. The van der Waals surface area contributed by atoms with E-state index in [4.69, 9.17) is 14.3 Å². The number of pyridine rings is 1. The molecule has 0 saturated carbocycles. The summed E-state index contributed by atoms with van der Waals surface area (Å²) in [6.07, 6.45) is 3.10. The minimum atomic E-state index is -0.602. The van der Waals surface area contributed by atoms with E-state index < -0.39 is 11.3 Å². The Hall–Kier alpha value is -5.52. The number of ketones is 2. The number of para-hydroxylation sites is 1. The lowest BCUT2D eigenvalue weighted by atomic mass is 9.80. The minimum absolute atomic E-state index is 0.0762. The van der Waals surface area contributed by atoms with E-state index in [1.807, 2.05) is 24.3 Å². The summed E-state index contributed by atoms with van der Waals surface area (Å²) in [5.74, 6) is 0.0279. The van der Waals surface area contributed by atoms with E-state index >= 15 is 0 Å². The van der Waals surface area contributed by atoms with Crippen LogP contribution in [0.1, 0.15) is 57.2 Å². The van der Waals surface area contributed by atoms with E-state index in [1.165, 1.54) is 5.56 Å². The van der Waals surface area contributed by atoms with E-state index in [1.54, 1.807) is 84.9 Å². The summed E-state index contributed by atoms with van der Waals surface area (Å²) in [6, 6.07) is 32.0. The number of anilines is 2. The molecule has 0 unspecified atom stereocenters. The van der Waals surface area contributed by atoms with Crippen LogP contribution in [-0.4, -0.2) is 21.8 Å². The molecule has 1 aromatic heterocycles. The van der Waals surface area contributed by atoms with Crippen LogP contribution in [0.25, 0.3) is 22.0 Å². The van der Waals surface area contributed by atoms with Gasteiger partial charge in [0.25, 0.3) is 5.56 Å². The second-order valence-corrected chi connectivity index (χ2v) is 12.3. The molecule has 49 heavy (non-hydrogen) atoms. The first-order valence-corrected chi connectivity index (χ1v) is 16.5. The number of fused-ring (bicyclic) bond motifs is 2. The lowest BCUT2D eigenvalue weighted by Gasteiger charge is -2.26. The number of aromatic nitrogens is 1. The van der Waals surface area contributed by atoms with Crippen LogP contribution in [0.15, 0.2) is 119 Å². The maximum atomic E-state index is 14.5. The molecule has 0 bridgehead atoms. The van der Waals surface area contributed by atoms with E-state index in [-0.39, 0.29) is 28.2 Å². The van der Waals surface area contributed by atoms with Gasteiger partial charge in [-0.1, -0.05) is 97.2 Å². The molecule has 3 N–H and O–H groups in total. The number of benzene rings is 5. The molecule has 10 heteroatoms. The largest absolute Gasteiger partial charge is 0.455 e. The van der Waals surface area contributed by atoms with Crippen molar-refractivity contribution in [3.05, 3.63) is 147 Å². The van der Waals surface area contributed by atoms with Crippen molar-refractivity contribution in [3.8, 4) is 22.6 Å². The van der Waals surface area contributed by atoms with Crippen molar-refractivity contribution in [2.24, 2.45) is 0 Å². The molecule has 1 heterocycles. The van der Waals surface area contributed by atoms with Crippen LogP contribution < -0.4 is 15.6 Å². The van der Waals surface area contributed by atoms with Gasteiger partial charge in [-0.15, -0.1) is 4.33 Å². The van der Waals surface area contributed by atoms with Crippen molar-refractivity contribution >= 4 is 45.9 Å². The Bertz CT molecular complexity index is 2270. The summed E-state index contributed by atoms with van der Waals surface area (Å²) >= 11 is 0.766. The summed E-state index contributed by atoms with van der Waals surface area (Å²) in [5, 5.41) is 16.4. The molecule has 0 radical (unpaired) electrons. The van der Waals surface area contributed by atoms with Crippen molar-refractivity contribution in [1.29, 1.82) is 0 Å². The van der Waals surface area contributed by atoms with Crippen LogP contribution in [-0.2, 0) is 15.8 Å². The van der Waals surface area contributed by atoms with E-state index in [0.29, 0.717) is 49.7 Å². The van der Waals surface area contributed by atoms with Gasteiger partial charge in [0.1, 0.15) is 5.75 Å². The van der Waals surface area contributed by atoms with Crippen LogP contribution >= 0.6 is 12.0 Å². The number of carbonyl (C=O) groups excluding carboxylic acids is 2. The predicted molar refractivity (Wildman–Crippen MR) is 189 cm³/mol. The molecule has 1 aliphatic rings. The van der Waals surface area contributed by atoms with Gasteiger partial charge in [-0.05, 0) is 48.2 Å². The molecule has 244 valence electrons. The van der Waals surface area contributed by atoms with Gasteiger partial charge >= 0.3 is 0 Å². The monoisotopic (exact) mass is 670 g/mol. The van der Waals surface area contributed by atoms with Crippen LogP contribution in [0.3, 0.4) is 0 Å². The van der Waals surface area contributed by atoms with Gasteiger partial charge in [-0.3, -0.25) is 14.4 Å². The second kappa shape index (κ2) is 13.9. The highest BCUT2D eigenvalue weighted by atomic mass is 32.2. The average Bonchev–Trinajstić information content (AvgIpc) is 3.13. The van der Waals surface area contributed by atoms with Gasteiger partial charge in [0.05, 0.1) is 45.0 Å². The molecule has 0 saturated heterocycles. The Kier molecular flexibility index (Phi) is 9.10. The highest BCUT2D eigenvalue weighted by Gasteiger charge is 2.35. The average molecular weight is 671 g/mol. The third-order valence-corrected chi connectivity index (χ3v) is 9.13. The standard InChI is InChI=1S/C39H30N2O7S/c1-2-3-11-23-18-20-25(21-19-23)46-30-22-29(40-28-16-9-10-17-31(28)49-48-47-45)33-34-32(26-14-7-8-15-27(26)38(33)43)35(39(44)41-36(30)34)37(42)24-12-5-4-6-13-24/h4-10,12-22,40,45H,2-3,11H2,1H3,(H,41,44). The molecule has 9 nitrogen and oxygen atoms in total. The lowest BCUT2D eigenvalue weighted by molar-refractivity contribution is -0.432. The van der Waals surface area contributed by atoms with Gasteiger partial charge in [-0.25, -0.2) is 5.26 Å². The molecule has 0 fully saturated rings. The van der Waals surface area contributed by atoms with E-state index in [0.717, 1.165) is 31.3 Å². The molecule has 0 atom stereocenters. The minimum Gasteiger partial charge on any atom is -0.455 e. The van der Waals surface area contributed by atoms with Crippen molar-refractivity contribution in [1.82, 2.24) is 4.98 Å². The summed E-state index contributed by atoms with van der Waals surface area (Å²) in [6.45, 7) is 2.15. The summed E-state index contributed by atoms with van der Waals surface area (Å²) in [5.41, 5.74) is 3.44. The number of H-pyrrole nitrogens is 1. The molecule has 0 spiro atoms. The zero-order valence-electron chi connectivity index (χ0n) is 26.3. The van der Waals surface area contributed by atoms with Crippen molar-refractivity contribution < 1.29 is 29.0 Å². The number of hydrogen-bond acceptors (Lipinski definition) is 9. The van der Waals surface area contributed by atoms with Gasteiger partial charge in [0, 0.05) is 28.1 Å². The van der Waals surface area contributed by atoms with Gasteiger partial charge < -0.3 is 15.0 Å². The number of aryl methyl sites for hydroxylation is 1. The smallest absolute Gasteiger partial charge is 0.260 e. The number of rotatable bonds is 12. The maximum absolute atomic E-state index is 14.5. The fourth-order valence-corrected chi connectivity index (χ4v) is 6.63. The third kappa shape index (κ3) is 6.14. The normalized spacial score (nSPS) is 11.8. The number of unbranched alkanes of at least 4 members (excludes halogenated alkanes) is 1. The van der Waals surface area contributed by atoms with E-state index in [2.05, 4.69) is 22.3 Å². The Morgan fingerprint density at radius 1 is 0.837 bits per heavy atom. The molecular formula is C39H30N2O7S. The topological polar surface area (TPSA) is 127 Å². The first kappa shape index (κ1) is 32.0. The number of ether oxygens (including phenoxy) is 1. The molecule has 5 aromatic carbocycles. The lowest BCUT2D eigenvalue weighted by Crippen LogP contribution is -2.24. The molecule has 6 aromatic rings. The molecule has 0 amide bonds. The molecule has 0 aliphatic heterocycles. The SMILES string of the molecule is CCCCc1ccc(Oc2cc(Nc3ccccc3SOOO)c3c4c(c(C(=O)c5ccccc5)c(=O)[nH]c24)-c2ccccc2C3=O)cc1.